The van der Waals surface area contributed by atoms with Crippen LogP contribution in [0.2, 0.25) is 0 Å². The average molecular weight is 561 g/mol. The van der Waals surface area contributed by atoms with Gasteiger partial charge < -0.3 is 35.5 Å². The Kier molecular flexibility index (Phi) is 5.98. The molecule has 3 aromatic heterocycles. The second kappa shape index (κ2) is 9.48. The van der Waals surface area contributed by atoms with Gasteiger partial charge in [0.15, 0.2) is 5.75 Å². The molecule has 2 saturated heterocycles. The molecule has 4 aromatic rings. The second-order valence-corrected chi connectivity index (χ2v) is 11.7. The largest absolute Gasteiger partial charge is 0.421 e. The molecule has 1 saturated carbocycles. The summed E-state index contributed by atoms with van der Waals surface area (Å²) in [6.45, 7) is 2.85. The molecule has 1 aliphatic carbocycles. The smallest absolute Gasteiger partial charge is 0.326 e. The maximum absolute atomic E-state index is 14.6. The van der Waals surface area contributed by atoms with Gasteiger partial charge >= 0.3 is 6.01 Å². The van der Waals surface area contributed by atoms with E-state index in [4.69, 9.17) is 15.5 Å². The van der Waals surface area contributed by atoms with Crippen LogP contribution in [0.4, 0.5) is 15.9 Å². The summed E-state index contributed by atoms with van der Waals surface area (Å²) in [6.07, 6.45) is 5.35. The van der Waals surface area contributed by atoms with E-state index in [0.29, 0.717) is 59.8 Å². The summed E-state index contributed by atoms with van der Waals surface area (Å²) < 4.78 is 20.6. The van der Waals surface area contributed by atoms with Crippen molar-refractivity contribution in [3.63, 3.8) is 0 Å². The number of likely N-dealkylation sites (N-methyl/N-ethyl adjacent to an activating group) is 1. The van der Waals surface area contributed by atoms with Gasteiger partial charge in [-0.15, -0.1) is 0 Å². The average Bonchev–Trinajstić information content (AvgIpc) is 3.50. The van der Waals surface area contributed by atoms with E-state index in [1.54, 1.807) is 7.05 Å². The van der Waals surface area contributed by atoms with E-state index >= 15 is 0 Å². The van der Waals surface area contributed by atoms with Gasteiger partial charge in [-0.05, 0) is 39.1 Å². The number of rotatable bonds is 7. The molecule has 0 unspecified atom stereocenters. The lowest BCUT2D eigenvalue weighted by molar-refractivity contribution is -0.137. The van der Waals surface area contributed by atoms with Crippen LogP contribution in [0, 0.1) is 11.2 Å². The Morgan fingerprint density at radius 3 is 2.63 bits per heavy atom. The lowest BCUT2D eigenvalue weighted by atomic mass is 10.0. The first-order chi connectivity index (χ1) is 19.7. The molecule has 0 bridgehead atoms. The van der Waals surface area contributed by atoms with Crippen LogP contribution < -0.4 is 20.7 Å². The predicted molar refractivity (Wildman–Crippen MR) is 153 cm³/mol. The highest BCUT2D eigenvalue weighted by Crippen LogP contribution is 2.53. The lowest BCUT2D eigenvalue weighted by Crippen LogP contribution is -2.59. The Balaban J connectivity index is 1.18. The van der Waals surface area contributed by atoms with Crippen LogP contribution in [-0.2, 0) is 11.2 Å². The normalized spacial score (nSPS) is 19.9. The van der Waals surface area contributed by atoms with E-state index in [1.807, 2.05) is 19.0 Å². The first-order valence-electron chi connectivity index (χ1n) is 13.9. The van der Waals surface area contributed by atoms with E-state index in [9.17, 15) is 9.18 Å². The van der Waals surface area contributed by atoms with Crippen molar-refractivity contribution in [2.24, 2.45) is 11.1 Å². The number of amides is 1. The van der Waals surface area contributed by atoms with Gasteiger partial charge in [0.1, 0.15) is 23.1 Å². The van der Waals surface area contributed by atoms with Crippen molar-refractivity contribution in [3.05, 3.63) is 36.2 Å². The van der Waals surface area contributed by atoms with Crippen LogP contribution in [-0.4, -0.2) is 100 Å². The summed E-state index contributed by atoms with van der Waals surface area (Å²) in [5, 5.41) is 4.47. The molecule has 2 aliphatic heterocycles. The zero-order valence-electron chi connectivity index (χ0n) is 23.3. The SMILES string of the molecule is CNc1cc(F)cc2c1[nH]c1nc(Oc3cnc(CC(=O)N4CC(N(C)C)C4)nc3)nc(N3C[C@H](N)C4(CC4)C3)c12. The number of nitrogens with zero attached hydrogens (tertiary/aromatic N) is 7. The minimum Gasteiger partial charge on any atom is -0.421 e. The number of halogens is 1. The van der Waals surface area contributed by atoms with Gasteiger partial charge in [-0.25, -0.2) is 14.4 Å². The topological polar surface area (TPSA) is 141 Å². The summed E-state index contributed by atoms with van der Waals surface area (Å²) >= 11 is 0. The number of carbonyl (C=O) groups excluding carboxylic acids is 1. The van der Waals surface area contributed by atoms with Crippen molar-refractivity contribution in [2.45, 2.75) is 31.3 Å². The van der Waals surface area contributed by atoms with Crippen LogP contribution in [0.5, 0.6) is 11.8 Å². The second-order valence-electron chi connectivity index (χ2n) is 11.7. The first-order valence-corrected chi connectivity index (χ1v) is 13.9. The number of anilines is 2. The Labute approximate surface area is 236 Å². The van der Waals surface area contributed by atoms with Crippen LogP contribution in [0.25, 0.3) is 21.9 Å². The van der Waals surface area contributed by atoms with Gasteiger partial charge in [0.2, 0.25) is 5.91 Å². The molecule has 1 atom stereocenters. The molecule has 214 valence electrons. The fourth-order valence-electron chi connectivity index (χ4n) is 5.96. The van der Waals surface area contributed by atoms with E-state index in [0.717, 1.165) is 30.3 Å². The number of ether oxygens (including phenoxy) is 1. The number of benzene rings is 1. The Morgan fingerprint density at radius 1 is 1.22 bits per heavy atom. The van der Waals surface area contributed by atoms with Crippen LogP contribution in [0.15, 0.2) is 24.5 Å². The molecule has 3 aliphatic rings. The third kappa shape index (κ3) is 4.49. The molecule has 3 fully saturated rings. The molecule has 5 heterocycles. The number of fused-ring (bicyclic) bond motifs is 3. The minimum atomic E-state index is -0.354. The maximum Gasteiger partial charge on any atom is 0.326 e. The summed E-state index contributed by atoms with van der Waals surface area (Å²) in [5.74, 6) is 1.07. The third-order valence-corrected chi connectivity index (χ3v) is 8.80. The van der Waals surface area contributed by atoms with E-state index in [1.165, 1.54) is 24.5 Å². The number of hydrogen-bond donors (Lipinski definition) is 3. The lowest BCUT2D eigenvalue weighted by Gasteiger charge is -2.42. The molecular formula is C28H33FN10O2. The van der Waals surface area contributed by atoms with Gasteiger partial charge in [-0.1, -0.05) is 0 Å². The summed E-state index contributed by atoms with van der Waals surface area (Å²) in [4.78, 5) is 40.1. The summed E-state index contributed by atoms with van der Waals surface area (Å²) in [5.41, 5.74) is 8.52. The first kappa shape index (κ1) is 25.8. The van der Waals surface area contributed by atoms with Gasteiger partial charge in [0.05, 0.1) is 35.4 Å². The molecular weight excluding hydrogens is 527 g/mol. The zero-order valence-corrected chi connectivity index (χ0v) is 23.3. The Hall–Kier alpha value is -4.10. The standard InChI is InChI=1S/C28H33FN10O2/c1-31-19-7-15(29)6-18-23-25(34-24(18)19)35-27(36-26(23)39-13-20(30)28(14-39)4-5-28)41-17-9-32-21(33-10-17)8-22(40)38-11-16(12-38)37(2)3/h6-7,9-10,16,20,31H,4-5,8,11-14,30H2,1-3H3,(H,34,35,36)/t20-/m0/s1. The van der Waals surface area contributed by atoms with Crippen molar-refractivity contribution in [3.8, 4) is 11.8 Å². The van der Waals surface area contributed by atoms with Gasteiger partial charge in [0.25, 0.3) is 0 Å². The van der Waals surface area contributed by atoms with Crippen molar-refractivity contribution in [1.82, 2.24) is 34.7 Å². The highest BCUT2D eigenvalue weighted by Gasteiger charge is 2.54. The molecule has 7 rings (SSSR count). The predicted octanol–water partition coefficient (Wildman–Crippen LogP) is 2.12. The quantitative estimate of drug-likeness (QED) is 0.308. The van der Waals surface area contributed by atoms with Gasteiger partial charge in [0, 0.05) is 56.1 Å². The number of nitrogens with one attached hydrogen (secondary N) is 2. The highest BCUT2D eigenvalue weighted by molar-refractivity contribution is 6.14. The molecule has 1 aromatic carbocycles. The molecule has 0 radical (unpaired) electrons. The number of H-pyrrole nitrogens is 1. The summed E-state index contributed by atoms with van der Waals surface area (Å²) in [6, 6.07) is 3.49. The highest BCUT2D eigenvalue weighted by atomic mass is 19.1. The molecule has 41 heavy (non-hydrogen) atoms. The van der Waals surface area contributed by atoms with Crippen LogP contribution in [0.3, 0.4) is 0 Å². The van der Waals surface area contributed by atoms with Crippen LogP contribution in [0.1, 0.15) is 18.7 Å². The number of likely N-dealkylation sites (tertiary alicyclic amines) is 1. The van der Waals surface area contributed by atoms with E-state index in [2.05, 4.69) is 35.1 Å². The van der Waals surface area contributed by atoms with Gasteiger partial charge in [-0.3, -0.25) is 4.79 Å². The number of carbonyl (C=O) groups is 1. The minimum absolute atomic E-state index is 0.00337. The number of aromatic amines is 1. The Morgan fingerprint density at radius 2 is 1.98 bits per heavy atom. The van der Waals surface area contributed by atoms with E-state index in [-0.39, 0.29) is 35.6 Å². The van der Waals surface area contributed by atoms with Gasteiger partial charge in [-0.2, -0.15) is 9.97 Å². The molecule has 12 nitrogen and oxygen atoms in total. The van der Waals surface area contributed by atoms with Crippen molar-refractivity contribution in [1.29, 1.82) is 0 Å². The monoisotopic (exact) mass is 560 g/mol. The van der Waals surface area contributed by atoms with Crippen molar-refractivity contribution in [2.75, 3.05) is 57.5 Å². The fraction of sp³-hybridized carbons (Fsp3) is 0.464. The molecule has 13 heteroatoms. The molecule has 1 amide bonds. The fourth-order valence-corrected chi connectivity index (χ4v) is 5.96. The van der Waals surface area contributed by atoms with Crippen LogP contribution >= 0.6 is 0 Å². The Bertz CT molecular complexity index is 1650. The number of aromatic nitrogens is 5. The third-order valence-electron chi connectivity index (χ3n) is 8.80. The number of nitrogens with two attached hydrogens (primary N) is 1. The van der Waals surface area contributed by atoms with E-state index < -0.39 is 0 Å². The molecule has 1 spiro atoms. The number of hydrogen-bond acceptors (Lipinski definition) is 10. The molecule has 4 N–H and O–H groups in total. The maximum atomic E-state index is 14.6. The van der Waals surface area contributed by atoms with Crippen molar-refractivity contribution < 1.29 is 13.9 Å². The summed E-state index contributed by atoms with van der Waals surface area (Å²) in [7, 11) is 5.78. The zero-order chi connectivity index (χ0) is 28.5. The van der Waals surface area contributed by atoms with Crippen molar-refractivity contribution >= 4 is 39.3 Å².